The summed E-state index contributed by atoms with van der Waals surface area (Å²) in [5, 5.41) is 12.0. The Bertz CT molecular complexity index is 576. The molecular formula is C13H12N2O2S. The van der Waals surface area contributed by atoms with Crippen LogP contribution in [-0.4, -0.2) is 21.0 Å². The van der Waals surface area contributed by atoms with E-state index in [9.17, 15) is 4.79 Å². The Morgan fingerprint density at radius 2 is 2.11 bits per heavy atom. The van der Waals surface area contributed by atoms with Gasteiger partial charge in [0.2, 0.25) is 0 Å². The Labute approximate surface area is 108 Å². The normalized spacial score (nSPS) is 16.4. The highest BCUT2D eigenvalue weighted by Crippen LogP contribution is 2.49. The van der Waals surface area contributed by atoms with Crippen molar-refractivity contribution in [1.29, 1.82) is 0 Å². The molecule has 4 nitrogen and oxygen atoms in total. The molecule has 1 fully saturated rings. The predicted molar refractivity (Wildman–Crippen MR) is 68.4 cm³/mol. The van der Waals surface area contributed by atoms with Crippen LogP contribution in [0, 0.1) is 5.41 Å². The summed E-state index contributed by atoms with van der Waals surface area (Å²) in [6.07, 6.45) is 5.55. The van der Waals surface area contributed by atoms with E-state index in [0.717, 1.165) is 29.1 Å². The molecule has 0 aliphatic heterocycles. The predicted octanol–water partition coefficient (Wildman–Crippen LogP) is 2.61. The van der Waals surface area contributed by atoms with E-state index in [1.165, 1.54) is 11.3 Å². The smallest absolute Gasteiger partial charge is 0.310 e. The summed E-state index contributed by atoms with van der Waals surface area (Å²) in [6, 6.07) is 3.81. The van der Waals surface area contributed by atoms with Gasteiger partial charge in [0.05, 0.1) is 16.1 Å². The topological polar surface area (TPSA) is 63.1 Å². The van der Waals surface area contributed by atoms with Gasteiger partial charge in [-0.25, -0.2) is 4.98 Å². The van der Waals surface area contributed by atoms with Crippen LogP contribution in [0.4, 0.5) is 0 Å². The van der Waals surface area contributed by atoms with Gasteiger partial charge in [0, 0.05) is 29.8 Å². The van der Waals surface area contributed by atoms with E-state index in [1.54, 1.807) is 12.4 Å². The highest BCUT2D eigenvalue weighted by molar-refractivity contribution is 7.10. The fraction of sp³-hybridized carbons (Fsp3) is 0.308. The number of carboxylic acids is 1. The van der Waals surface area contributed by atoms with Gasteiger partial charge in [0.1, 0.15) is 0 Å². The minimum Gasteiger partial charge on any atom is -0.481 e. The zero-order valence-electron chi connectivity index (χ0n) is 9.67. The quantitative estimate of drug-likeness (QED) is 0.917. The van der Waals surface area contributed by atoms with Crippen LogP contribution in [0.3, 0.4) is 0 Å². The maximum absolute atomic E-state index is 11.1. The lowest BCUT2D eigenvalue weighted by molar-refractivity contribution is -0.143. The maximum atomic E-state index is 11.1. The first-order valence-electron chi connectivity index (χ1n) is 5.78. The molecule has 92 valence electrons. The van der Waals surface area contributed by atoms with Gasteiger partial charge < -0.3 is 5.11 Å². The molecule has 1 saturated carbocycles. The molecule has 0 spiro atoms. The summed E-state index contributed by atoms with van der Waals surface area (Å²) in [5.74, 6) is -0.692. The minimum absolute atomic E-state index is 0.534. The van der Waals surface area contributed by atoms with E-state index >= 15 is 0 Å². The third-order valence-electron chi connectivity index (χ3n) is 3.32. The van der Waals surface area contributed by atoms with Crippen LogP contribution in [-0.2, 0) is 11.2 Å². The molecule has 1 aliphatic carbocycles. The summed E-state index contributed by atoms with van der Waals surface area (Å²) in [6.45, 7) is 0. The Kier molecular flexibility index (Phi) is 2.63. The molecule has 0 saturated heterocycles. The third kappa shape index (κ3) is 2.01. The molecule has 5 heteroatoms. The van der Waals surface area contributed by atoms with E-state index in [4.69, 9.17) is 5.11 Å². The Balaban J connectivity index is 1.81. The number of carboxylic acid groups (broad SMARTS) is 1. The third-order valence-corrected chi connectivity index (χ3v) is 4.17. The highest BCUT2D eigenvalue weighted by atomic mass is 32.1. The standard InChI is InChI=1S/C13H12N2O2S/c16-12(17)13(3-4-13)7-11-15-10(8-18-11)9-1-5-14-6-2-9/h1-2,5-6,8H,3-4,7H2,(H,16,17). The summed E-state index contributed by atoms with van der Waals surface area (Å²) < 4.78 is 0. The number of nitrogens with zero attached hydrogens (tertiary/aromatic N) is 2. The van der Waals surface area contributed by atoms with Crippen molar-refractivity contribution in [3.05, 3.63) is 34.9 Å². The van der Waals surface area contributed by atoms with Crippen LogP contribution in [0.15, 0.2) is 29.9 Å². The van der Waals surface area contributed by atoms with Gasteiger partial charge in [0.15, 0.2) is 0 Å². The number of pyridine rings is 1. The van der Waals surface area contributed by atoms with Gasteiger partial charge in [-0.1, -0.05) is 0 Å². The summed E-state index contributed by atoms with van der Waals surface area (Å²) in [7, 11) is 0. The van der Waals surface area contributed by atoms with Crippen LogP contribution >= 0.6 is 11.3 Å². The molecular weight excluding hydrogens is 248 g/mol. The van der Waals surface area contributed by atoms with Crippen LogP contribution < -0.4 is 0 Å². The number of rotatable bonds is 4. The molecule has 18 heavy (non-hydrogen) atoms. The second-order valence-corrected chi connectivity index (χ2v) is 5.57. The van der Waals surface area contributed by atoms with Crippen LogP contribution in [0.2, 0.25) is 0 Å². The van der Waals surface area contributed by atoms with Gasteiger partial charge in [-0.2, -0.15) is 0 Å². The van der Waals surface area contributed by atoms with E-state index < -0.39 is 11.4 Å². The van der Waals surface area contributed by atoms with Gasteiger partial charge in [-0.05, 0) is 25.0 Å². The number of carbonyl (C=O) groups is 1. The van der Waals surface area contributed by atoms with Crippen molar-refractivity contribution in [3.63, 3.8) is 0 Å². The fourth-order valence-electron chi connectivity index (χ4n) is 1.95. The van der Waals surface area contributed by atoms with Crippen molar-refractivity contribution < 1.29 is 9.90 Å². The second-order valence-electron chi connectivity index (χ2n) is 4.62. The number of hydrogen-bond acceptors (Lipinski definition) is 4. The zero-order chi connectivity index (χ0) is 12.6. The average Bonchev–Trinajstić information content (AvgIpc) is 3.01. The first-order valence-corrected chi connectivity index (χ1v) is 6.66. The van der Waals surface area contributed by atoms with Crippen molar-refractivity contribution in [2.24, 2.45) is 5.41 Å². The van der Waals surface area contributed by atoms with Crippen LogP contribution in [0.5, 0.6) is 0 Å². The Morgan fingerprint density at radius 3 is 2.72 bits per heavy atom. The molecule has 0 radical (unpaired) electrons. The van der Waals surface area contributed by atoms with Gasteiger partial charge in [0.25, 0.3) is 0 Å². The first kappa shape index (κ1) is 11.3. The molecule has 2 aromatic heterocycles. The Hall–Kier alpha value is -1.75. The summed E-state index contributed by atoms with van der Waals surface area (Å²) in [5.41, 5.74) is 1.39. The highest BCUT2D eigenvalue weighted by Gasteiger charge is 2.50. The minimum atomic E-state index is -0.692. The molecule has 0 amide bonds. The molecule has 0 atom stereocenters. The molecule has 0 unspecified atom stereocenters. The van der Waals surface area contributed by atoms with Crippen molar-refractivity contribution in [2.75, 3.05) is 0 Å². The van der Waals surface area contributed by atoms with Crippen molar-refractivity contribution in [2.45, 2.75) is 19.3 Å². The lowest BCUT2D eigenvalue weighted by atomic mass is 10.0. The number of thiazole rings is 1. The monoisotopic (exact) mass is 260 g/mol. The lowest BCUT2D eigenvalue weighted by Crippen LogP contribution is -2.17. The fourth-order valence-corrected chi connectivity index (χ4v) is 2.90. The lowest BCUT2D eigenvalue weighted by Gasteiger charge is -2.05. The van der Waals surface area contributed by atoms with Crippen molar-refractivity contribution in [1.82, 2.24) is 9.97 Å². The average molecular weight is 260 g/mol. The Morgan fingerprint density at radius 1 is 1.39 bits per heavy atom. The largest absolute Gasteiger partial charge is 0.481 e. The second kappa shape index (κ2) is 4.17. The van der Waals surface area contributed by atoms with E-state index in [2.05, 4.69) is 9.97 Å². The van der Waals surface area contributed by atoms with E-state index in [-0.39, 0.29) is 0 Å². The van der Waals surface area contributed by atoms with E-state index in [0.29, 0.717) is 6.42 Å². The summed E-state index contributed by atoms with van der Waals surface area (Å²) in [4.78, 5) is 19.6. The molecule has 2 aromatic rings. The van der Waals surface area contributed by atoms with Crippen LogP contribution in [0.1, 0.15) is 17.8 Å². The number of hydrogen-bond donors (Lipinski definition) is 1. The summed E-state index contributed by atoms with van der Waals surface area (Å²) >= 11 is 1.53. The van der Waals surface area contributed by atoms with E-state index in [1.807, 2.05) is 17.5 Å². The number of aliphatic carboxylic acids is 1. The van der Waals surface area contributed by atoms with Crippen molar-refractivity contribution >= 4 is 17.3 Å². The zero-order valence-corrected chi connectivity index (χ0v) is 10.5. The SMILES string of the molecule is O=C(O)C1(Cc2nc(-c3ccncc3)cs2)CC1. The van der Waals surface area contributed by atoms with Gasteiger partial charge >= 0.3 is 5.97 Å². The van der Waals surface area contributed by atoms with Gasteiger partial charge in [-0.3, -0.25) is 9.78 Å². The molecule has 3 rings (SSSR count). The molecule has 0 bridgehead atoms. The molecule has 0 aromatic carbocycles. The van der Waals surface area contributed by atoms with Gasteiger partial charge in [-0.15, -0.1) is 11.3 Å². The van der Waals surface area contributed by atoms with Crippen molar-refractivity contribution in [3.8, 4) is 11.3 Å². The first-order chi connectivity index (χ1) is 8.70. The number of aromatic nitrogens is 2. The molecule has 1 N–H and O–H groups in total. The molecule has 2 heterocycles. The van der Waals surface area contributed by atoms with Crippen LogP contribution in [0.25, 0.3) is 11.3 Å². The maximum Gasteiger partial charge on any atom is 0.310 e. The molecule has 1 aliphatic rings.